The van der Waals surface area contributed by atoms with Crippen molar-refractivity contribution in [2.75, 3.05) is 0 Å². The quantitative estimate of drug-likeness (QED) is 0.0570. The minimum atomic E-state index is -5.75. The molecule has 0 radical (unpaired) electrons. The Morgan fingerprint density at radius 3 is 0.968 bits per heavy atom. The van der Waals surface area contributed by atoms with Crippen molar-refractivity contribution in [3.05, 3.63) is 362 Å². The number of rotatable bonds is 6. The zero-order valence-corrected chi connectivity index (χ0v) is 70.5. The van der Waals surface area contributed by atoms with Crippen LogP contribution in [0.2, 0.25) is 0 Å². The van der Waals surface area contributed by atoms with Crippen molar-refractivity contribution < 1.29 is 35.8 Å². The Kier molecular flexibility index (Phi) is 19.6. The first-order chi connectivity index (χ1) is 59.0. The molecule has 0 heterocycles. The molecule has 0 aliphatic rings. The van der Waals surface area contributed by atoms with Gasteiger partial charge in [0.15, 0.2) is 0 Å². The van der Waals surface area contributed by atoms with E-state index in [1.54, 1.807) is 24.3 Å². The number of alkyl halides is 3. The van der Waals surface area contributed by atoms with Crippen molar-refractivity contribution in [3.63, 3.8) is 0 Å². The summed E-state index contributed by atoms with van der Waals surface area (Å²) in [6.07, 6.45) is 0. The predicted octanol–water partition coefficient (Wildman–Crippen LogP) is 30.9. The second-order valence-corrected chi connectivity index (χ2v) is 37.6. The molecular weight excluding hydrogens is 1550 g/mol. The molecule has 23 aromatic carbocycles. The predicted molar refractivity (Wildman–Crippen MR) is 524 cm³/mol. The maximum atomic E-state index is 12.8. The Hall–Kier alpha value is -13.5. The van der Waals surface area contributed by atoms with Crippen molar-refractivity contribution in [2.24, 2.45) is 0 Å². The second kappa shape index (κ2) is 30.2. The highest BCUT2D eigenvalue weighted by molar-refractivity contribution is 7.88. The zero-order chi connectivity index (χ0) is 84.9. The van der Waals surface area contributed by atoms with E-state index in [1.165, 1.54) is 197 Å². The van der Waals surface area contributed by atoms with Crippen LogP contribution in [0.4, 0.5) is 13.2 Å². The molecule has 0 amide bonds. The molecule has 0 spiro atoms. The van der Waals surface area contributed by atoms with Crippen molar-refractivity contribution in [3.8, 4) is 39.1 Å². The Morgan fingerprint density at radius 2 is 0.540 bits per heavy atom. The molecule has 0 unspecified atom stereocenters. The van der Waals surface area contributed by atoms with Crippen LogP contribution in [-0.4, -0.2) is 31.1 Å². The van der Waals surface area contributed by atoms with E-state index in [0.29, 0.717) is 10.8 Å². The molecule has 0 aliphatic carbocycles. The fraction of sp³-hybridized carbons (Fsp3) is 0.123. The largest absolute Gasteiger partial charge is 0.534 e. The van der Waals surface area contributed by atoms with Crippen LogP contribution in [0.15, 0.2) is 346 Å². The van der Waals surface area contributed by atoms with Crippen LogP contribution in [0.3, 0.4) is 0 Å². The third kappa shape index (κ3) is 14.1. The van der Waals surface area contributed by atoms with Crippen molar-refractivity contribution in [2.45, 2.75) is 91.5 Å². The van der Waals surface area contributed by atoms with Crippen molar-refractivity contribution >= 4 is 195 Å². The summed E-state index contributed by atoms with van der Waals surface area (Å²) in [4.78, 5) is 0. The molecule has 2 N–H and O–H groups in total. The summed E-state index contributed by atoms with van der Waals surface area (Å²) in [5.74, 6) is -0.392. The summed E-state index contributed by atoms with van der Waals surface area (Å²) in [5.41, 5.74) is 6.32. The van der Waals surface area contributed by atoms with E-state index in [4.69, 9.17) is 10.0 Å². The van der Waals surface area contributed by atoms with Crippen LogP contribution in [0.1, 0.15) is 86.4 Å². The number of hydrogen-bond donors (Lipinski definition) is 2. The van der Waals surface area contributed by atoms with Crippen LogP contribution in [-0.2, 0) is 26.4 Å². The molecule has 0 fully saturated rings. The van der Waals surface area contributed by atoms with E-state index in [9.17, 15) is 21.6 Å². The van der Waals surface area contributed by atoms with Crippen molar-refractivity contribution in [1.82, 2.24) is 0 Å². The van der Waals surface area contributed by atoms with Crippen molar-refractivity contribution in [1.29, 1.82) is 0 Å². The summed E-state index contributed by atoms with van der Waals surface area (Å²) in [7, 11) is -7.13. The van der Waals surface area contributed by atoms with E-state index in [2.05, 4.69) is 333 Å². The maximum Gasteiger partial charge on any atom is 0.534 e. The average molecular weight is 1640 g/mol. The lowest BCUT2D eigenvalue weighted by molar-refractivity contribution is -0.0500. The average Bonchev–Trinajstić information content (AvgIpc) is 0.707. The molecule has 0 saturated heterocycles. The number of hydrogen-bond acceptors (Lipinski definition) is 5. The first-order valence-electron chi connectivity index (χ1n) is 41.9. The van der Waals surface area contributed by atoms with E-state index < -0.39 is 28.5 Å². The van der Waals surface area contributed by atoms with Gasteiger partial charge in [-0.2, -0.15) is 21.6 Å². The van der Waals surface area contributed by atoms with E-state index in [-0.39, 0.29) is 23.7 Å². The summed E-state index contributed by atoms with van der Waals surface area (Å²) < 4.78 is 65.7. The SMILES string of the molecule is C.CC(C)(C)c1cc2ccc3c(-c4ccc5cc(-c6ccc7ccccc7c6)ccc5c4)ccc4c5ccccc5c(c1)c2c34.CC(C)(C)c1cc2ccc3c(-c4ccc5cc(OS(=O)(=O)C(F)(F)F)ccc5c4)ccc4c5ccccc5c(c1)c2c34.CC(C)(C)c1cc2ccc3cccc4c5ccccc5c(c1)c2c34.OB(O)c1ccc2ccccc2c1. The maximum absolute atomic E-state index is 12.8. The van der Waals surface area contributed by atoms with Gasteiger partial charge in [0.25, 0.3) is 0 Å². The Morgan fingerprint density at radius 1 is 0.250 bits per heavy atom. The third-order valence-corrected chi connectivity index (χ3v) is 26.2. The summed E-state index contributed by atoms with van der Waals surface area (Å²) >= 11 is 0. The molecule has 0 saturated carbocycles. The Balaban J connectivity index is 0.000000117. The van der Waals surface area contributed by atoms with Crippen LogP contribution in [0.5, 0.6) is 5.75 Å². The van der Waals surface area contributed by atoms with Crippen LogP contribution in [0.25, 0.3) is 206 Å². The molecule has 23 aromatic rings. The monoisotopic (exact) mass is 1640 g/mol. The topological polar surface area (TPSA) is 83.8 Å². The van der Waals surface area contributed by atoms with Crippen LogP contribution < -0.4 is 9.65 Å². The summed E-state index contributed by atoms with van der Waals surface area (Å²) in [6.45, 7) is 20.5. The highest BCUT2D eigenvalue weighted by Crippen LogP contribution is 2.50. The minimum Gasteiger partial charge on any atom is -0.423 e. The Labute approximate surface area is 719 Å². The first-order valence-corrected chi connectivity index (χ1v) is 43.3. The van der Waals surface area contributed by atoms with Gasteiger partial charge in [0.1, 0.15) is 5.75 Å². The molecule has 5 nitrogen and oxygen atoms in total. The first kappa shape index (κ1) is 80.3. The fourth-order valence-corrected chi connectivity index (χ4v) is 19.2. The highest BCUT2D eigenvalue weighted by Gasteiger charge is 2.48. The number of fused-ring (bicyclic) bond motifs is 13. The van der Waals surface area contributed by atoms with Gasteiger partial charge in [0, 0.05) is 0 Å². The molecule has 0 aliphatic heterocycles. The molecule has 0 bridgehead atoms. The molecule has 0 atom stereocenters. The van der Waals surface area contributed by atoms with E-state index in [1.807, 2.05) is 42.5 Å². The molecule has 10 heteroatoms. The van der Waals surface area contributed by atoms with Gasteiger partial charge >= 0.3 is 22.7 Å². The van der Waals surface area contributed by atoms with Gasteiger partial charge in [-0.05, 0) is 299 Å². The molecule has 606 valence electrons. The lowest BCUT2D eigenvalue weighted by Crippen LogP contribution is -2.29. The third-order valence-electron chi connectivity index (χ3n) is 25.2. The zero-order valence-electron chi connectivity index (χ0n) is 69.6. The van der Waals surface area contributed by atoms with Gasteiger partial charge in [0.05, 0.1) is 0 Å². The molecule has 0 aromatic heterocycles. The second-order valence-electron chi connectivity index (χ2n) is 36.0. The number of halogens is 3. The Bertz CT molecular complexity index is 8340. The lowest BCUT2D eigenvalue weighted by atomic mass is 9.79. The normalized spacial score (nSPS) is 12.4. The van der Waals surface area contributed by atoms with E-state index in [0.717, 1.165) is 32.7 Å². The van der Waals surface area contributed by atoms with E-state index >= 15 is 0 Å². The van der Waals surface area contributed by atoms with Gasteiger partial charge in [-0.25, -0.2) is 0 Å². The standard InChI is InChI=1S/C44H32.C35H25F3O3S.C24H20.C10H9BO2.CH4/c1-44(2,3)35-25-34-18-19-39-36(20-21-40-37-10-6-7-11-38(37)41(26-35)42(34)43(39)40)33-17-16-31-23-30(14-15-32(31)24-33)29-13-12-27-8-4-5-9-28(27)22-29;1-34(2,3)24-17-23-11-13-29-26(14-15-30-27-6-4-5-7-28(27)31(19-24)32(23)33(29)30)22-9-8-21-18-25(12-10-20(21)16-22)41-42(39,40)35(36,37)38;1-24(2,3)17-13-16-12-11-15-7-6-10-20-18-8-4-5-9-19(18)21(14-17)23(16)22(15)20;12-11(13)10-6-5-8-3-1-2-4-9(8)7-10;/h4-26H,1-3H3;4-19H,1-3H3;4-14H,1-3H3;1-7,12-13H;1H4. The smallest absolute Gasteiger partial charge is 0.423 e. The van der Waals surface area contributed by atoms with Gasteiger partial charge in [-0.15, -0.1) is 0 Å². The van der Waals surface area contributed by atoms with Gasteiger partial charge in [-0.3, -0.25) is 0 Å². The van der Waals surface area contributed by atoms with Gasteiger partial charge < -0.3 is 14.2 Å². The summed E-state index contributed by atoms with van der Waals surface area (Å²) in [6, 6.07) is 122. The van der Waals surface area contributed by atoms with Gasteiger partial charge in [-0.1, -0.05) is 361 Å². The highest BCUT2D eigenvalue weighted by atomic mass is 32.2. The van der Waals surface area contributed by atoms with Crippen LogP contribution in [0, 0.1) is 0 Å². The number of benzene rings is 23. The molecular formula is C114H90BF3O5S. The van der Waals surface area contributed by atoms with Crippen LogP contribution >= 0.6 is 0 Å². The minimum absolute atomic E-state index is 0. The molecule has 124 heavy (non-hydrogen) atoms. The lowest BCUT2D eigenvalue weighted by Gasteiger charge is -2.23. The fourth-order valence-electron chi connectivity index (χ4n) is 18.8. The summed E-state index contributed by atoms with van der Waals surface area (Å²) in [5, 5.41) is 57.7. The van der Waals surface area contributed by atoms with Gasteiger partial charge in [0.2, 0.25) is 0 Å². The molecule has 23 rings (SSSR count).